The van der Waals surface area contributed by atoms with Gasteiger partial charge in [0.1, 0.15) is 0 Å². The Morgan fingerprint density at radius 2 is 2.06 bits per heavy atom. The van der Waals surface area contributed by atoms with Gasteiger partial charge >= 0.3 is 0 Å². The first-order valence-corrected chi connectivity index (χ1v) is 6.17. The fraction of sp³-hybridized carbons (Fsp3) is 0.571. The summed E-state index contributed by atoms with van der Waals surface area (Å²) in [6.45, 7) is 6.53. The lowest BCUT2D eigenvalue weighted by atomic mass is 9.87. The predicted molar refractivity (Wildman–Crippen MR) is 71.7 cm³/mol. The van der Waals surface area contributed by atoms with Crippen LogP contribution in [-0.4, -0.2) is 7.11 Å². The topological polar surface area (TPSA) is 47.3 Å². The molecule has 1 aromatic carbocycles. The Kier molecular flexibility index (Phi) is 5.11. The van der Waals surface area contributed by atoms with Crippen molar-refractivity contribution in [2.45, 2.75) is 39.7 Å². The van der Waals surface area contributed by atoms with E-state index in [1.54, 1.807) is 6.07 Å². The average molecular weight is 254 g/mol. The zero-order chi connectivity index (χ0) is 13.8. The van der Waals surface area contributed by atoms with Crippen molar-refractivity contribution in [3.63, 3.8) is 0 Å². The molecule has 0 aliphatic heterocycles. The maximum atomic E-state index is 13.6. The molecule has 0 aromatic heterocycles. The van der Waals surface area contributed by atoms with Crippen LogP contribution in [-0.2, 0) is 0 Å². The van der Waals surface area contributed by atoms with Crippen LogP contribution in [0.3, 0.4) is 0 Å². The number of rotatable bonds is 5. The summed E-state index contributed by atoms with van der Waals surface area (Å²) in [5, 5.41) is 0. The third kappa shape index (κ3) is 4.27. The number of nitrogens with two attached hydrogens (primary N) is 1. The van der Waals surface area contributed by atoms with E-state index in [0.717, 1.165) is 18.4 Å². The Bertz CT molecular complexity index is 388. The van der Waals surface area contributed by atoms with E-state index in [1.807, 2.05) is 6.07 Å². The Labute approximate surface area is 108 Å². The van der Waals surface area contributed by atoms with Crippen LogP contribution in [0, 0.1) is 11.2 Å². The van der Waals surface area contributed by atoms with Crippen molar-refractivity contribution >= 4 is 0 Å². The molecule has 0 saturated heterocycles. The van der Waals surface area contributed by atoms with Crippen LogP contribution in [0.25, 0.3) is 0 Å². The third-order valence-corrected chi connectivity index (χ3v) is 2.96. The molecule has 0 bridgehead atoms. The van der Waals surface area contributed by atoms with E-state index in [-0.39, 0.29) is 23.0 Å². The molecule has 1 unspecified atom stereocenters. The van der Waals surface area contributed by atoms with Crippen molar-refractivity contribution in [1.82, 2.24) is 5.43 Å². The van der Waals surface area contributed by atoms with E-state index < -0.39 is 0 Å². The molecule has 0 fully saturated rings. The van der Waals surface area contributed by atoms with E-state index >= 15 is 0 Å². The normalized spacial score (nSPS) is 13.4. The van der Waals surface area contributed by atoms with Crippen LogP contribution in [0.4, 0.5) is 4.39 Å². The summed E-state index contributed by atoms with van der Waals surface area (Å²) in [6.07, 6.45) is 1.88. The smallest absolute Gasteiger partial charge is 0.165 e. The van der Waals surface area contributed by atoms with Gasteiger partial charge in [0.15, 0.2) is 11.6 Å². The lowest BCUT2D eigenvalue weighted by Gasteiger charge is -2.23. The molecule has 0 amide bonds. The molecule has 0 saturated carbocycles. The highest BCUT2D eigenvalue weighted by Crippen LogP contribution is 2.28. The molecule has 1 aromatic rings. The molecule has 4 heteroatoms. The molecule has 1 rings (SSSR count). The highest BCUT2D eigenvalue weighted by atomic mass is 19.1. The first kappa shape index (κ1) is 14.9. The minimum atomic E-state index is -0.356. The Hall–Kier alpha value is -1.13. The molecule has 0 aliphatic carbocycles. The van der Waals surface area contributed by atoms with Gasteiger partial charge in [0.2, 0.25) is 0 Å². The van der Waals surface area contributed by atoms with Crippen molar-refractivity contribution in [1.29, 1.82) is 0 Å². The van der Waals surface area contributed by atoms with E-state index in [1.165, 1.54) is 13.2 Å². The predicted octanol–water partition coefficient (Wildman–Crippen LogP) is 3.17. The summed E-state index contributed by atoms with van der Waals surface area (Å²) in [6, 6.07) is 4.91. The SMILES string of the molecule is COc1ccc(C(CCC(C)(C)C)NN)cc1F. The fourth-order valence-corrected chi connectivity index (χ4v) is 1.82. The molecular weight excluding hydrogens is 231 g/mol. The fourth-order valence-electron chi connectivity index (χ4n) is 1.82. The quantitative estimate of drug-likeness (QED) is 0.626. The van der Waals surface area contributed by atoms with Crippen molar-refractivity contribution in [2.75, 3.05) is 7.11 Å². The van der Waals surface area contributed by atoms with Gasteiger partial charge in [0, 0.05) is 6.04 Å². The Balaban J connectivity index is 2.79. The molecule has 102 valence electrons. The highest BCUT2D eigenvalue weighted by Gasteiger charge is 2.17. The first-order chi connectivity index (χ1) is 8.37. The van der Waals surface area contributed by atoms with Crippen molar-refractivity contribution in [3.05, 3.63) is 29.6 Å². The molecule has 0 aliphatic rings. The van der Waals surface area contributed by atoms with Crippen LogP contribution in [0.1, 0.15) is 45.2 Å². The molecule has 0 spiro atoms. The van der Waals surface area contributed by atoms with E-state index in [2.05, 4.69) is 26.2 Å². The van der Waals surface area contributed by atoms with E-state index in [4.69, 9.17) is 10.6 Å². The monoisotopic (exact) mass is 254 g/mol. The van der Waals surface area contributed by atoms with Gasteiger partial charge in [-0.25, -0.2) is 4.39 Å². The number of hydrogen-bond acceptors (Lipinski definition) is 3. The summed E-state index contributed by atoms with van der Waals surface area (Å²) >= 11 is 0. The number of hydrazine groups is 1. The summed E-state index contributed by atoms with van der Waals surface area (Å²) in [7, 11) is 1.45. The minimum Gasteiger partial charge on any atom is -0.494 e. The van der Waals surface area contributed by atoms with E-state index in [0.29, 0.717) is 0 Å². The number of ether oxygens (including phenoxy) is 1. The first-order valence-electron chi connectivity index (χ1n) is 6.17. The number of methoxy groups -OCH3 is 1. The van der Waals surface area contributed by atoms with Crippen LogP contribution in [0.5, 0.6) is 5.75 Å². The molecule has 1 atom stereocenters. The molecule has 18 heavy (non-hydrogen) atoms. The summed E-state index contributed by atoms with van der Waals surface area (Å²) in [5.41, 5.74) is 3.83. The van der Waals surface area contributed by atoms with Crippen LogP contribution < -0.4 is 16.0 Å². The van der Waals surface area contributed by atoms with Gasteiger partial charge in [0.25, 0.3) is 0 Å². The average Bonchev–Trinajstić information content (AvgIpc) is 2.28. The Morgan fingerprint density at radius 3 is 2.50 bits per heavy atom. The van der Waals surface area contributed by atoms with Gasteiger partial charge in [-0.2, -0.15) is 0 Å². The number of halogens is 1. The third-order valence-electron chi connectivity index (χ3n) is 2.96. The maximum Gasteiger partial charge on any atom is 0.165 e. The van der Waals surface area contributed by atoms with Crippen LogP contribution in [0.2, 0.25) is 0 Å². The van der Waals surface area contributed by atoms with E-state index in [9.17, 15) is 4.39 Å². The standard InChI is InChI=1S/C14H23FN2O/c1-14(2,3)8-7-12(17-16)10-5-6-13(18-4)11(15)9-10/h5-6,9,12,17H,7-8,16H2,1-4H3. The van der Waals surface area contributed by atoms with Gasteiger partial charge in [-0.15, -0.1) is 0 Å². The number of benzene rings is 1. The zero-order valence-corrected chi connectivity index (χ0v) is 11.6. The highest BCUT2D eigenvalue weighted by molar-refractivity contribution is 5.31. The molecular formula is C14H23FN2O. The van der Waals surface area contributed by atoms with Crippen LogP contribution >= 0.6 is 0 Å². The Morgan fingerprint density at radius 1 is 1.39 bits per heavy atom. The van der Waals surface area contributed by atoms with Crippen molar-refractivity contribution < 1.29 is 9.13 Å². The van der Waals surface area contributed by atoms with Gasteiger partial charge in [0.05, 0.1) is 7.11 Å². The molecule has 3 nitrogen and oxygen atoms in total. The number of nitrogens with one attached hydrogen (secondary N) is 1. The molecule has 0 radical (unpaired) electrons. The van der Waals surface area contributed by atoms with Gasteiger partial charge < -0.3 is 4.74 Å². The second kappa shape index (κ2) is 6.16. The maximum absolute atomic E-state index is 13.6. The lowest BCUT2D eigenvalue weighted by molar-refractivity contribution is 0.332. The van der Waals surface area contributed by atoms with Gasteiger partial charge in [-0.05, 0) is 36.0 Å². The second-order valence-corrected chi connectivity index (χ2v) is 5.71. The van der Waals surface area contributed by atoms with Crippen molar-refractivity contribution in [2.24, 2.45) is 11.3 Å². The molecule has 3 N–H and O–H groups in total. The summed E-state index contributed by atoms with van der Waals surface area (Å²) in [5.74, 6) is 5.45. The minimum absolute atomic E-state index is 0.0374. The zero-order valence-electron chi connectivity index (χ0n) is 11.6. The lowest BCUT2D eigenvalue weighted by Crippen LogP contribution is -2.29. The number of hydrogen-bond donors (Lipinski definition) is 2. The molecule has 0 heterocycles. The van der Waals surface area contributed by atoms with Crippen LogP contribution in [0.15, 0.2) is 18.2 Å². The summed E-state index contributed by atoms with van der Waals surface area (Å²) in [4.78, 5) is 0. The summed E-state index contributed by atoms with van der Waals surface area (Å²) < 4.78 is 18.5. The van der Waals surface area contributed by atoms with Crippen molar-refractivity contribution in [3.8, 4) is 5.75 Å². The second-order valence-electron chi connectivity index (χ2n) is 5.71. The van der Waals surface area contributed by atoms with Gasteiger partial charge in [-0.1, -0.05) is 26.8 Å². The van der Waals surface area contributed by atoms with Gasteiger partial charge in [-0.3, -0.25) is 11.3 Å². The largest absolute Gasteiger partial charge is 0.494 e.